The second-order valence-corrected chi connectivity index (χ2v) is 8.57. The molecule has 32 heavy (non-hydrogen) atoms. The van der Waals surface area contributed by atoms with Crippen LogP contribution in [-0.4, -0.2) is 12.1 Å². The molecule has 0 saturated heterocycles. The van der Waals surface area contributed by atoms with E-state index in [0.717, 1.165) is 31.9 Å². The molecule has 4 nitrogen and oxygen atoms in total. The van der Waals surface area contributed by atoms with Gasteiger partial charge in [0, 0.05) is 15.1 Å². The summed E-state index contributed by atoms with van der Waals surface area (Å²) in [5.74, 6) is 0.486. The summed E-state index contributed by atoms with van der Waals surface area (Å²) in [6.07, 6.45) is 1.86. The standard InChI is InChI=1S/C26H20BrClN2O2/c27-21-6-3-4-19(14-21)17-32-25-13-10-20-5-1-2-7-23(20)24(25)16-29-30-26(31)15-18-8-11-22(28)12-9-18/h1-14,16H,15,17H2,(H,30,31)/b29-16-. The molecule has 4 aromatic carbocycles. The lowest BCUT2D eigenvalue weighted by Crippen LogP contribution is -2.19. The number of halogens is 2. The third-order valence-corrected chi connectivity index (χ3v) is 5.62. The predicted molar refractivity (Wildman–Crippen MR) is 133 cm³/mol. The van der Waals surface area contributed by atoms with Crippen LogP contribution < -0.4 is 10.2 Å². The smallest absolute Gasteiger partial charge is 0.244 e. The Kier molecular flexibility index (Phi) is 7.20. The molecular weight excluding hydrogens is 488 g/mol. The Balaban J connectivity index is 1.52. The fraction of sp³-hybridized carbons (Fsp3) is 0.0769. The first kappa shape index (κ1) is 22.1. The summed E-state index contributed by atoms with van der Waals surface area (Å²) in [6, 6.07) is 27.1. The monoisotopic (exact) mass is 506 g/mol. The Labute approximate surface area is 200 Å². The number of hydrazone groups is 1. The van der Waals surface area contributed by atoms with E-state index in [1.165, 1.54) is 0 Å². The van der Waals surface area contributed by atoms with Crippen molar-refractivity contribution in [2.24, 2.45) is 5.10 Å². The van der Waals surface area contributed by atoms with Gasteiger partial charge in [0.05, 0.1) is 12.6 Å². The average molecular weight is 508 g/mol. The van der Waals surface area contributed by atoms with Crippen molar-refractivity contribution in [3.05, 3.63) is 111 Å². The fourth-order valence-corrected chi connectivity index (χ4v) is 3.89. The number of nitrogens with one attached hydrogen (secondary N) is 1. The largest absolute Gasteiger partial charge is 0.488 e. The van der Waals surface area contributed by atoms with Crippen molar-refractivity contribution in [1.29, 1.82) is 0 Å². The van der Waals surface area contributed by atoms with Gasteiger partial charge in [-0.25, -0.2) is 5.43 Å². The molecular formula is C26H20BrClN2O2. The van der Waals surface area contributed by atoms with Gasteiger partial charge in [-0.1, -0.05) is 82.1 Å². The first-order valence-corrected chi connectivity index (χ1v) is 11.2. The topological polar surface area (TPSA) is 50.7 Å². The van der Waals surface area contributed by atoms with E-state index < -0.39 is 0 Å². The van der Waals surface area contributed by atoms with Gasteiger partial charge in [0.25, 0.3) is 0 Å². The number of nitrogens with zero attached hydrogens (tertiary/aromatic N) is 1. The van der Waals surface area contributed by atoms with Gasteiger partial charge in [-0.15, -0.1) is 0 Å². The number of rotatable bonds is 7. The minimum Gasteiger partial charge on any atom is -0.488 e. The molecule has 0 saturated carbocycles. The first-order valence-electron chi connectivity index (χ1n) is 10.0. The zero-order valence-corrected chi connectivity index (χ0v) is 19.4. The molecule has 0 aliphatic rings. The highest BCUT2D eigenvalue weighted by Crippen LogP contribution is 2.27. The maximum atomic E-state index is 12.3. The van der Waals surface area contributed by atoms with Crippen molar-refractivity contribution in [3.8, 4) is 5.75 Å². The van der Waals surface area contributed by atoms with Crippen molar-refractivity contribution in [2.75, 3.05) is 0 Å². The van der Waals surface area contributed by atoms with Crippen LogP contribution in [0.4, 0.5) is 0 Å². The van der Waals surface area contributed by atoms with Crippen molar-refractivity contribution >= 4 is 50.4 Å². The number of fused-ring (bicyclic) bond motifs is 1. The summed E-state index contributed by atoms with van der Waals surface area (Å²) in [7, 11) is 0. The molecule has 160 valence electrons. The average Bonchev–Trinajstić information content (AvgIpc) is 2.80. The lowest BCUT2D eigenvalue weighted by molar-refractivity contribution is -0.120. The number of carbonyl (C=O) groups excluding carboxylic acids is 1. The molecule has 0 unspecified atom stereocenters. The third-order valence-electron chi connectivity index (χ3n) is 4.87. The Morgan fingerprint density at radius 1 is 0.969 bits per heavy atom. The van der Waals surface area contributed by atoms with Gasteiger partial charge in [0.15, 0.2) is 0 Å². The Morgan fingerprint density at radius 3 is 2.59 bits per heavy atom. The van der Waals surface area contributed by atoms with E-state index in [9.17, 15) is 4.79 Å². The van der Waals surface area contributed by atoms with Crippen LogP contribution in [0.15, 0.2) is 94.5 Å². The van der Waals surface area contributed by atoms with Crippen LogP contribution in [0.5, 0.6) is 5.75 Å². The van der Waals surface area contributed by atoms with E-state index in [1.807, 2.05) is 72.8 Å². The van der Waals surface area contributed by atoms with Crippen LogP contribution in [0, 0.1) is 0 Å². The van der Waals surface area contributed by atoms with Gasteiger partial charge in [0.2, 0.25) is 5.91 Å². The molecule has 0 aliphatic heterocycles. The molecule has 0 bridgehead atoms. The van der Waals surface area contributed by atoms with E-state index in [0.29, 0.717) is 17.4 Å². The highest BCUT2D eigenvalue weighted by molar-refractivity contribution is 9.10. The Bertz CT molecular complexity index is 1270. The summed E-state index contributed by atoms with van der Waals surface area (Å²) in [5.41, 5.74) is 5.33. The summed E-state index contributed by atoms with van der Waals surface area (Å²) >= 11 is 9.38. The number of ether oxygens (including phenoxy) is 1. The van der Waals surface area contributed by atoms with Crippen LogP contribution in [-0.2, 0) is 17.8 Å². The van der Waals surface area contributed by atoms with Crippen LogP contribution in [0.25, 0.3) is 10.8 Å². The van der Waals surface area contributed by atoms with Gasteiger partial charge >= 0.3 is 0 Å². The van der Waals surface area contributed by atoms with Crippen LogP contribution in [0.3, 0.4) is 0 Å². The number of benzene rings is 4. The molecule has 0 aliphatic carbocycles. The van der Waals surface area contributed by atoms with Gasteiger partial charge in [-0.05, 0) is 52.2 Å². The molecule has 4 aromatic rings. The quantitative estimate of drug-likeness (QED) is 0.228. The number of hydrogen-bond donors (Lipinski definition) is 1. The lowest BCUT2D eigenvalue weighted by atomic mass is 10.0. The van der Waals surface area contributed by atoms with Crippen LogP contribution >= 0.6 is 27.5 Å². The van der Waals surface area contributed by atoms with Gasteiger partial charge in [-0.3, -0.25) is 4.79 Å². The zero-order chi connectivity index (χ0) is 22.3. The summed E-state index contributed by atoms with van der Waals surface area (Å²) in [5, 5.41) is 6.90. The van der Waals surface area contributed by atoms with E-state index in [4.69, 9.17) is 16.3 Å². The van der Waals surface area contributed by atoms with E-state index in [1.54, 1.807) is 18.3 Å². The maximum Gasteiger partial charge on any atom is 0.244 e. The molecule has 0 atom stereocenters. The second-order valence-electron chi connectivity index (χ2n) is 7.21. The first-order chi connectivity index (χ1) is 15.6. The molecule has 0 heterocycles. The minimum atomic E-state index is -0.208. The normalized spacial score (nSPS) is 11.1. The minimum absolute atomic E-state index is 0.208. The molecule has 1 amide bonds. The van der Waals surface area contributed by atoms with Crippen molar-refractivity contribution < 1.29 is 9.53 Å². The predicted octanol–water partition coefficient (Wildman–Crippen LogP) is 6.53. The highest BCUT2D eigenvalue weighted by atomic mass is 79.9. The molecule has 0 spiro atoms. The number of amides is 1. The van der Waals surface area contributed by atoms with E-state index in [-0.39, 0.29) is 12.3 Å². The Morgan fingerprint density at radius 2 is 1.78 bits per heavy atom. The molecule has 6 heteroatoms. The maximum absolute atomic E-state index is 12.3. The van der Waals surface area contributed by atoms with Crippen LogP contribution in [0.2, 0.25) is 5.02 Å². The third kappa shape index (κ3) is 5.75. The Hall–Kier alpha value is -3.15. The van der Waals surface area contributed by atoms with Crippen molar-refractivity contribution in [2.45, 2.75) is 13.0 Å². The number of carbonyl (C=O) groups is 1. The number of hydrogen-bond acceptors (Lipinski definition) is 3. The van der Waals surface area contributed by atoms with Gasteiger partial charge in [-0.2, -0.15) is 5.10 Å². The molecule has 4 rings (SSSR count). The zero-order valence-electron chi connectivity index (χ0n) is 17.1. The lowest BCUT2D eigenvalue weighted by Gasteiger charge is -2.12. The van der Waals surface area contributed by atoms with E-state index >= 15 is 0 Å². The fourth-order valence-electron chi connectivity index (χ4n) is 3.32. The summed E-state index contributed by atoms with van der Waals surface area (Å²) in [4.78, 5) is 12.3. The molecule has 0 radical (unpaired) electrons. The van der Waals surface area contributed by atoms with Crippen molar-refractivity contribution in [1.82, 2.24) is 5.43 Å². The summed E-state index contributed by atoms with van der Waals surface area (Å²) in [6.45, 7) is 0.418. The van der Waals surface area contributed by atoms with Gasteiger partial charge < -0.3 is 4.74 Å². The summed E-state index contributed by atoms with van der Waals surface area (Å²) < 4.78 is 7.12. The second kappa shape index (κ2) is 10.4. The van der Waals surface area contributed by atoms with Gasteiger partial charge in [0.1, 0.15) is 12.4 Å². The highest BCUT2D eigenvalue weighted by Gasteiger charge is 2.09. The molecule has 1 N–H and O–H groups in total. The molecule has 0 fully saturated rings. The van der Waals surface area contributed by atoms with E-state index in [2.05, 4.69) is 26.5 Å². The SMILES string of the molecule is O=C(Cc1ccc(Cl)cc1)N/N=C\c1c(OCc2cccc(Br)c2)ccc2ccccc12. The molecule has 0 aromatic heterocycles. The van der Waals surface area contributed by atoms with Crippen molar-refractivity contribution in [3.63, 3.8) is 0 Å². The van der Waals surface area contributed by atoms with Crippen LogP contribution in [0.1, 0.15) is 16.7 Å².